The molecule has 4 heteroatoms. The van der Waals surface area contributed by atoms with Crippen LogP contribution in [-0.4, -0.2) is 24.0 Å². The van der Waals surface area contributed by atoms with Crippen LogP contribution in [0.25, 0.3) is 0 Å². The van der Waals surface area contributed by atoms with Gasteiger partial charge in [0.05, 0.1) is 6.04 Å². The van der Waals surface area contributed by atoms with Crippen LogP contribution >= 0.6 is 27.3 Å². The maximum absolute atomic E-state index is 6.30. The molecule has 1 aliphatic rings. The van der Waals surface area contributed by atoms with E-state index in [0.29, 0.717) is 6.04 Å². The molecule has 2 heterocycles. The third kappa shape index (κ3) is 2.50. The minimum atomic E-state index is 0.287. The Hall–Kier alpha value is 0.100. The van der Waals surface area contributed by atoms with Gasteiger partial charge in [-0.1, -0.05) is 6.92 Å². The zero-order valence-corrected chi connectivity index (χ0v) is 12.1. The highest BCUT2D eigenvalue weighted by Gasteiger charge is 2.31. The topological polar surface area (TPSA) is 29.3 Å². The van der Waals surface area contributed by atoms with Crippen LogP contribution in [0, 0.1) is 0 Å². The van der Waals surface area contributed by atoms with Crippen LogP contribution in [0.15, 0.2) is 15.9 Å². The summed E-state index contributed by atoms with van der Waals surface area (Å²) in [7, 11) is 0. The summed E-state index contributed by atoms with van der Waals surface area (Å²) in [5.74, 6) is 0. The van der Waals surface area contributed by atoms with Gasteiger partial charge in [0, 0.05) is 15.4 Å². The number of hydrogen-bond acceptors (Lipinski definition) is 3. The molecule has 0 saturated carbocycles. The van der Waals surface area contributed by atoms with Gasteiger partial charge in [-0.2, -0.15) is 0 Å². The predicted molar refractivity (Wildman–Crippen MR) is 73.8 cm³/mol. The third-order valence-electron chi connectivity index (χ3n) is 3.21. The minimum Gasteiger partial charge on any atom is -0.326 e. The molecule has 16 heavy (non-hydrogen) atoms. The van der Waals surface area contributed by atoms with E-state index in [1.54, 1.807) is 0 Å². The zero-order chi connectivity index (χ0) is 11.5. The van der Waals surface area contributed by atoms with Crippen LogP contribution in [0.4, 0.5) is 0 Å². The Morgan fingerprint density at radius 2 is 2.44 bits per heavy atom. The molecule has 90 valence electrons. The normalized spacial score (nSPS) is 27.2. The Morgan fingerprint density at radius 3 is 3.06 bits per heavy atom. The van der Waals surface area contributed by atoms with E-state index in [1.165, 1.54) is 28.7 Å². The highest BCUT2D eigenvalue weighted by molar-refractivity contribution is 9.10. The monoisotopic (exact) mass is 302 g/mol. The molecule has 0 amide bonds. The number of nitrogens with two attached hydrogens (primary N) is 1. The zero-order valence-electron chi connectivity index (χ0n) is 9.66. The van der Waals surface area contributed by atoms with Crippen molar-refractivity contribution in [1.29, 1.82) is 0 Å². The Kier molecular flexibility index (Phi) is 4.41. The summed E-state index contributed by atoms with van der Waals surface area (Å²) in [6, 6.07) is 2.84. The summed E-state index contributed by atoms with van der Waals surface area (Å²) in [5, 5.41) is 2.14. The van der Waals surface area contributed by atoms with Crippen molar-refractivity contribution in [1.82, 2.24) is 4.90 Å². The molecule has 1 saturated heterocycles. The smallest absolute Gasteiger partial charge is 0.0604 e. The van der Waals surface area contributed by atoms with Crippen LogP contribution in [0.1, 0.15) is 37.1 Å². The molecule has 0 aliphatic carbocycles. The van der Waals surface area contributed by atoms with Crippen molar-refractivity contribution in [3.8, 4) is 0 Å². The average Bonchev–Trinajstić information content (AvgIpc) is 2.65. The molecule has 2 N–H and O–H groups in total. The molecule has 1 aliphatic heterocycles. The Balaban J connectivity index is 2.22. The van der Waals surface area contributed by atoms with Crippen LogP contribution < -0.4 is 5.73 Å². The molecule has 1 fully saturated rings. The first-order valence-electron chi connectivity index (χ1n) is 5.96. The van der Waals surface area contributed by atoms with Crippen molar-refractivity contribution in [2.75, 3.05) is 13.1 Å². The molecule has 2 rings (SSSR count). The summed E-state index contributed by atoms with van der Waals surface area (Å²) in [5.41, 5.74) is 6.30. The van der Waals surface area contributed by atoms with Crippen LogP contribution in [-0.2, 0) is 0 Å². The fourth-order valence-electron chi connectivity index (χ4n) is 2.51. The molecule has 2 unspecified atom stereocenters. The highest BCUT2D eigenvalue weighted by atomic mass is 79.9. The van der Waals surface area contributed by atoms with E-state index in [9.17, 15) is 0 Å². The molecule has 0 radical (unpaired) electrons. The summed E-state index contributed by atoms with van der Waals surface area (Å²) in [6.07, 6.45) is 3.59. The lowest BCUT2D eigenvalue weighted by molar-refractivity contribution is 0.131. The number of piperidine rings is 1. The SMILES string of the molecule is CCCN1CCCC(N)C1c1sccc1Br. The molecular formula is C12H19BrN2S. The quantitative estimate of drug-likeness (QED) is 0.927. The van der Waals surface area contributed by atoms with Crippen LogP contribution in [0.3, 0.4) is 0 Å². The highest BCUT2D eigenvalue weighted by Crippen LogP contribution is 2.37. The second-order valence-corrected chi connectivity index (χ2v) is 6.22. The lowest BCUT2D eigenvalue weighted by atomic mass is 9.95. The maximum atomic E-state index is 6.30. The summed E-state index contributed by atoms with van der Waals surface area (Å²) in [4.78, 5) is 3.95. The molecule has 0 bridgehead atoms. The van der Waals surface area contributed by atoms with Crippen molar-refractivity contribution in [2.24, 2.45) is 5.73 Å². The van der Waals surface area contributed by atoms with Gasteiger partial charge < -0.3 is 5.73 Å². The summed E-state index contributed by atoms with van der Waals surface area (Å²) in [6.45, 7) is 4.58. The molecule has 1 aromatic heterocycles. The standard InChI is InChI=1S/C12H19BrN2S/c1-2-6-15-7-3-4-10(14)11(15)12-9(13)5-8-16-12/h5,8,10-11H,2-4,6-7,14H2,1H3. The van der Waals surface area contributed by atoms with Gasteiger partial charge in [-0.25, -0.2) is 0 Å². The second-order valence-electron chi connectivity index (χ2n) is 4.42. The Morgan fingerprint density at radius 1 is 1.62 bits per heavy atom. The predicted octanol–water partition coefficient (Wildman–Crippen LogP) is 3.38. The number of thiophene rings is 1. The van der Waals surface area contributed by atoms with Crippen LogP contribution in [0.2, 0.25) is 0 Å². The van der Waals surface area contributed by atoms with Crippen molar-refractivity contribution < 1.29 is 0 Å². The maximum Gasteiger partial charge on any atom is 0.0604 e. The second kappa shape index (κ2) is 5.63. The van der Waals surface area contributed by atoms with Gasteiger partial charge in [0.2, 0.25) is 0 Å². The lowest BCUT2D eigenvalue weighted by Crippen LogP contribution is -2.45. The third-order valence-corrected chi connectivity index (χ3v) is 5.15. The first-order chi connectivity index (χ1) is 7.74. The van der Waals surface area contributed by atoms with E-state index >= 15 is 0 Å². The lowest BCUT2D eigenvalue weighted by Gasteiger charge is -2.39. The summed E-state index contributed by atoms with van der Waals surface area (Å²) < 4.78 is 1.22. The molecule has 1 aromatic rings. The van der Waals surface area contributed by atoms with E-state index in [-0.39, 0.29) is 6.04 Å². The largest absolute Gasteiger partial charge is 0.326 e. The average molecular weight is 303 g/mol. The molecule has 0 aromatic carbocycles. The van der Waals surface area contributed by atoms with Gasteiger partial charge in [0.25, 0.3) is 0 Å². The number of rotatable bonds is 3. The van der Waals surface area contributed by atoms with Gasteiger partial charge in [-0.15, -0.1) is 11.3 Å². The van der Waals surface area contributed by atoms with Crippen molar-refractivity contribution in [3.05, 3.63) is 20.8 Å². The van der Waals surface area contributed by atoms with Gasteiger partial charge in [-0.05, 0) is 59.7 Å². The van der Waals surface area contributed by atoms with Gasteiger partial charge in [0.1, 0.15) is 0 Å². The van der Waals surface area contributed by atoms with E-state index in [4.69, 9.17) is 5.73 Å². The Bertz CT molecular complexity index is 338. The fraction of sp³-hybridized carbons (Fsp3) is 0.667. The van der Waals surface area contributed by atoms with Gasteiger partial charge >= 0.3 is 0 Å². The van der Waals surface area contributed by atoms with Crippen molar-refractivity contribution in [3.63, 3.8) is 0 Å². The Labute approximate surface area is 110 Å². The minimum absolute atomic E-state index is 0.287. The number of hydrogen-bond donors (Lipinski definition) is 1. The number of likely N-dealkylation sites (tertiary alicyclic amines) is 1. The molecule has 2 atom stereocenters. The molecular weight excluding hydrogens is 284 g/mol. The van der Waals surface area contributed by atoms with E-state index in [1.807, 2.05) is 11.3 Å². The van der Waals surface area contributed by atoms with E-state index < -0.39 is 0 Å². The van der Waals surface area contributed by atoms with Crippen LogP contribution in [0.5, 0.6) is 0 Å². The number of nitrogens with zero attached hydrogens (tertiary/aromatic N) is 1. The molecule has 0 spiro atoms. The first kappa shape index (κ1) is 12.6. The van der Waals surface area contributed by atoms with E-state index in [2.05, 4.69) is 39.2 Å². The molecule has 2 nitrogen and oxygen atoms in total. The summed E-state index contributed by atoms with van der Waals surface area (Å²) >= 11 is 5.46. The van der Waals surface area contributed by atoms with Crippen molar-refractivity contribution >= 4 is 27.3 Å². The first-order valence-corrected chi connectivity index (χ1v) is 7.63. The van der Waals surface area contributed by atoms with Crippen molar-refractivity contribution in [2.45, 2.75) is 38.3 Å². The number of halogens is 1. The van der Waals surface area contributed by atoms with Gasteiger partial charge in [0.15, 0.2) is 0 Å². The van der Waals surface area contributed by atoms with Gasteiger partial charge in [-0.3, -0.25) is 4.90 Å². The van der Waals surface area contributed by atoms with E-state index in [0.717, 1.165) is 13.0 Å². The fourth-order valence-corrected chi connectivity index (χ4v) is 4.33.